The molecule has 1 aromatic heterocycles. The molecule has 1 rings (SSSR count). The van der Waals surface area contributed by atoms with Gasteiger partial charge in [0, 0.05) is 13.5 Å². The molecule has 0 aromatic carbocycles. The van der Waals surface area contributed by atoms with E-state index in [2.05, 4.69) is 15.5 Å². The number of hydrogen-bond donors (Lipinski definition) is 1. The molecule has 0 fully saturated rings. The van der Waals surface area contributed by atoms with Gasteiger partial charge in [-0.25, -0.2) is 4.39 Å². The number of aromatic nitrogens is 2. The van der Waals surface area contributed by atoms with Gasteiger partial charge in [0.25, 0.3) is 0 Å². The molecule has 0 amide bonds. The maximum atomic E-state index is 11.6. The third-order valence-electron chi connectivity index (χ3n) is 1.12. The highest BCUT2D eigenvalue weighted by Gasteiger charge is 1.99. The fraction of sp³-hybridized carbons (Fsp3) is 0.667. The zero-order valence-electron chi connectivity index (χ0n) is 6.30. The molecule has 0 radical (unpaired) electrons. The molecule has 0 saturated heterocycles. The van der Waals surface area contributed by atoms with Crippen molar-refractivity contribution in [2.75, 3.05) is 13.2 Å². The summed E-state index contributed by atoms with van der Waals surface area (Å²) in [5, 5.41) is 6.42. The van der Waals surface area contributed by atoms with Gasteiger partial charge < -0.3 is 9.84 Å². The standard InChI is InChI=1S/C6H10FN3O/c1-5-9-6(10-11-5)4-8-3-2-7/h8H,2-4H2,1H3. The number of rotatable bonds is 4. The Morgan fingerprint density at radius 2 is 2.45 bits per heavy atom. The number of hydrogen-bond acceptors (Lipinski definition) is 4. The number of nitrogens with zero attached hydrogens (tertiary/aromatic N) is 2. The molecule has 1 aromatic rings. The minimum atomic E-state index is -0.378. The fourth-order valence-corrected chi connectivity index (χ4v) is 0.680. The van der Waals surface area contributed by atoms with Crippen LogP contribution in [0.5, 0.6) is 0 Å². The summed E-state index contributed by atoms with van der Waals surface area (Å²) in [5.41, 5.74) is 0. The van der Waals surface area contributed by atoms with E-state index >= 15 is 0 Å². The first-order valence-electron chi connectivity index (χ1n) is 3.39. The maximum Gasteiger partial charge on any atom is 0.223 e. The van der Waals surface area contributed by atoms with Crippen LogP contribution in [0.4, 0.5) is 4.39 Å². The molecule has 4 nitrogen and oxygen atoms in total. The van der Waals surface area contributed by atoms with Crippen molar-refractivity contribution in [1.29, 1.82) is 0 Å². The Hall–Kier alpha value is -0.970. The van der Waals surface area contributed by atoms with Crippen LogP contribution in [-0.4, -0.2) is 23.4 Å². The van der Waals surface area contributed by atoms with Gasteiger partial charge in [0.2, 0.25) is 5.89 Å². The molecule has 62 valence electrons. The summed E-state index contributed by atoms with van der Waals surface area (Å²) in [5.74, 6) is 1.10. The van der Waals surface area contributed by atoms with Crippen molar-refractivity contribution in [3.05, 3.63) is 11.7 Å². The minimum Gasteiger partial charge on any atom is -0.340 e. The van der Waals surface area contributed by atoms with Crippen LogP contribution in [-0.2, 0) is 6.54 Å². The van der Waals surface area contributed by atoms with Gasteiger partial charge in [-0.1, -0.05) is 5.16 Å². The van der Waals surface area contributed by atoms with Gasteiger partial charge in [-0.15, -0.1) is 0 Å². The lowest BCUT2D eigenvalue weighted by Crippen LogP contribution is -2.16. The molecule has 1 heterocycles. The van der Waals surface area contributed by atoms with Crippen LogP contribution in [0, 0.1) is 6.92 Å². The van der Waals surface area contributed by atoms with Crippen molar-refractivity contribution in [1.82, 2.24) is 15.5 Å². The van der Waals surface area contributed by atoms with Crippen LogP contribution in [0.25, 0.3) is 0 Å². The van der Waals surface area contributed by atoms with Crippen molar-refractivity contribution in [3.63, 3.8) is 0 Å². The molecule has 0 spiro atoms. The second-order valence-corrected chi connectivity index (χ2v) is 2.10. The molecule has 0 aliphatic heterocycles. The van der Waals surface area contributed by atoms with E-state index < -0.39 is 0 Å². The van der Waals surface area contributed by atoms with E-state index in [0.717, 1.165) is 0 Å². The van der Waals surface area contributed by atoms with E-state index in [1.165, 1.54) is 0 Å². The molecule has 0 saturated carbocycles. The van der Waals surface area contributed by atoms with E-state index in [9.17, 15) is 4.39 Å². The Kier molecular flexibility index (Phi) is 2.97. The predicted molar refractivity (Wildman–Crippen MR) is 36.7 cm³/mol. The number of alkyl halides is 1. The zero-order valence-corrected chi connectivity index (χ0v) is 6.30. The number of aryl methyl sites for hydroxylation is 1. The summed E-state index contributed by atoms with van der Waals surface area (Å²) in [4.78, 5) is 3.92. The lowest BCUT2D eigenvalue weighted by Gasteiger charge is -1.93. The SMILES string of the molecule is Cc1nc(CNCCF)no1. The molecule has 0 aliphatic rings. The summed E-state index contributed by atoms with van der Waals surface area (Å²) in [6, 6.07) is 0. The monoisotopic (exact) mass is 159 g/mol. The number of nitrogens with one attached hydrogen (secondary N) is 1. The maximum absolute atomic E-state index is 11.6. The predicted octanol–water partition coefficient (Wildman–Crippen LogP) is 0.437. The van der Waals surface area contributed by atoms with Gasteiger partial charge in [0.15, 0.2) is 5.82 Å². The van der Waals surface area contributed by atoms with Gasteiger partial charge >= 0.3 is 0 Å². The Morgan fingerprint density at radius 3 is 3.00 bits per heavy atom. The van der Waals surface area contributed by atoms with E-state index in [1.54, 1.807) is 6.92 Å². The van der Waals surface area contributed by atoms with Gasteiger partial charge in [0.1, 0.15) is 6.67 Å². The first-order valence-corrected chi connectivity index (χ1v) is 3.39. The minimum absolute atomic E-state index is 0.327. The highest BCUT2D eigenvalue weighted by atomic mass is 19.1. The molecule has 0 bridgehead atoms. The van der Waals surface area contributed by atoms with Crippen LogP contribution < -0.4 is 5.32 Å². The molecule has 0 atom stereocenters. The molecule has 0 unspecified atom stereocenters. The average molecular weight is 159 g/mol. The summed E-state index contributed by atoms with van der Waals surface area (Å²) in [7, 11) is 0. The van der Waals surface area contributed by atoms with E-state index in [0.29, 0.717) is 24.8 Å². The van der Waals surface area contributed by atoms with Crippen molar-refractivity contribution in [2.45, 2.75) is 13.5 Å². The number of halogens is 1. The van der Waals surface area contributed by atoms with Crippen LogP contribution in [0.2, 0.25) is 0 Å². The Morgan fingerprint density at radius 1 is 1.64 bits per heavy atom. The fourth-order valence-electron chi connectivity index (χ4n) is 0.680. The lowest BCUT2D eigenvalue weighted by molar-refractivity contribution is 0.384. The second kappa shape index (κ2) is 4.02. The molecule has 5 heteroatoms. The summed E-state index contributed by atoms with van der Waals surface area (Å²) >= 11 is 0. The zero-order chi connectivity index (χ0) is 8.10. The van der Waals surface area contributed by atoms with E-state index in [-0.39, 0.29) is 6.67 Å². The third-order valence-corrected chi connectivity index (χ3v) is 1.12. The highest BCUT2D eigenvalue weighted by Crippen LogP contribution is 1.92. The van der Waals surface area contributed by atoms with Gasteiger partial charge in [0.05, 0.1) is 6.54 Å². The van der Waals surface area contributed by atoms with Crippen LogP contribution in [0.3, 0.4) is 0 Å². The second-order valence-electron chi connectivity index (χ2n) is 2.10. The summed E-state index contributed by atoms with van der Waals surface area (Å²) in [6.45, 7) is 2.12. The van der Waals surface area contributed by atoms with Gasteiger partial charge in [-0.05, 0) is 0 Å². The normalized spacial score (nSPS) is 10.4. The molecule has 0 aliphatic carbocycles. The lowest BCUT2D eigenvalue weighted by atomic mass is 10.5. The first-order chi connectivity index (χ1) is 5.33. The molecular weight excluding hydrogens is 149 g/mol. The van der Waals surface area contributed by atoms with Crippen molar-refractivity contribution in [3.8, 4) is 0 Å². The van der Waals surface area contributed by atoms with E-state index in [1.807, 2.05) is 0 Å². The van der Waals surface area contributed by atoms with Gasteiger partial charge in [-0.2, -0.15) is 4.98 Å². The molecule has 1 N–H and O–H groups in total. The first kappa shape index (κ1) is 8.13. The Balaban J connectivity index is 2.27. The largest absolute Gasteiger partial charge is 0.340 e. The summed E-state index contributed by atoms with van der Waals surface area (Å²) in [6.07, 6.45) is 0. The average Bonchev–Trinajstić information content (AvgIpc) is 2.37. The third kappa shape index (κ3) is 2.63. The van der Waals surface area contributed by atoms with Crippen LogP contribution in [0.15, 0.2) is 4.52 Å². The van der Waals surface area contributed by atoms with Crippen molar-refractivity contribution in [2.24, 2.45) is 0 Å². The van der Waals surface area contributed by atoms with Crippen LogP contribution in [0.1, 0.15) is 11.7 Å². The molecule has 11 heavy (non-hydrogen) atoms. The topological polar surface area (TPSA) is 51.0 Å². The van der Waals surface area contributed by atoms with Crippen molar-refractivity contribution >= 4 is 0 Å². The highest BCUT2D eigenvalue weighted by molar-refractivity contribution is 4.82. The van der Waals surface area contributed by atoms with E-state index in [4.69, 9.17) is 4.52 Å². The molecular formula is C6H10FN3O. The Labute approximate surface area is 63.8 Å². The smallest absolute Gasteiger partial charge is 0.223 e. The quantitative estimate of drug-likeness (QED) is 0.647. The van der Waals surface area contributed by atoms with Gasteiger partial charge in [-0.3, -0.25) is 0 Å². The van der Waals surface area contributed by atoms with Crippen LogP contribution >= 0.6 is 0 Å². The Bertz CT molecular complexity index is 213. The van der Waals surface area contributed by atoms with Crippen molar-refractivity contribution < 1.29 is 8.91 Å². The summed E-state index contributed by atoms with van der Waals surface area (Å²) < 4.78 is 16.3.